The summed E-state index contributed by atoms with van der Waals surface area (Å²) in [5, 5.41) is 10.1. The number of aromatic hydroxyl groups is 1. The molecule has 1 N–H and O–H groups in total. The maximum absolute atomic E-state index is 12.6. The van der Waals surface area contributed by atoms with Crippen LogP contribution in [0.4, 0.5) is 0 Å². The number of hydrogen-bond acceptors (Lipinski definition) is 5. The van der Waals surface area contributed by atoms with E-state index in [1.54, 1.807) is 4.57 Å². The number of aromatic nitrogens is 3. The number of morpholine rings is 1. The predicted molar refractivity (Wildman–Crippen MR) is 120 cm³/mol. The molecule has 0 amide bonds. The number of imidazole rings is 1. The van der Waals surface area contributed by atoms with Crippen molar-refractivity contribution in [3.63, 3.8) is 0 Å². The van der Waals surface area contributed by atoms with Gasteiger partial charge in [-0.1, -0.05) is 44.2 Å². The summed E-state index contributed by atoms with van der Waals surface area (Å²) in [5.41, 5.74) is 3.84. The molecule has 3 heterocycles. The number of nitrogens with zero attached hydrogens (tertiary/aromatic N) is 4. The summed E-state index contributed by atoms with van der Waals surface area (Å²) in [7, 11) is 0. The molecule has 1 aliphatic heterocycles. The van der Waals surface area contributed by atoms with E-state index in [0.29, 0.717) is 13.1 Å². The SMILES string of the molecule is CC(C)Cn1c(O)cn(Cc2ccc(-c3cccc(CN4CCOCC4)n3)cc2)c1=O. The lowest BCUT2D eigenvalue weighted by molar-refractivity contribution is 0.0336. The molecule has 4 rings (SSSR count). The Kier molecular flexibility index (Phi) is 6.53. The first kappa shape index (κ1) is 21.3. The van der Waals surface area contributed by atoms with Crippen LogP contribution in [0.3, 0.4) is 0 Å². The van der Waals surface area contributed by atoms with Crippen LogP contribution in [0.1, 0.15) is 25.1 Å². The Labute approximate surface area is 182 Å². The molecule has 3 aromatic rings. The lowest BCUT2D eigenvalue weighted by atomic mass is 10.1. The largest absolute Gasteiger partial charge is 0.493 e. The minimum absolute atomic E-state index is 0.0107. The average molecular weight is 423 g/mol. The van der Waals surface area contributed by atoms with E-state index in [9.17, 15) is 9.90 Å². The number of hydrogen-bond donors (Lipinski definition) is 1. The molecule has 164 valence electrons. The summed E-state index contributed by atoms with van der Waals surface area (Å²) in [4.78, 5) is 19.8. The zero-order chi connectivity index (χ0) is 21.8. The van der Waals surface area contributed by atoms with E-state index in [1.807, 2.05) is 50.2 Å². The van der Waals surface area contributed by atoms with Gasteiger partial charge in [0.05, 0.1) is 37.3 Å². The number of benzene rings is 1. The normalized spacial score (nSPS) is 14.9. The molecule has 0 saturated carbocycles. The molecule has 1 aromatic carbocycles. The Morgan fingerprint density at radius 2 is 1.81 bits per heavy atom. The van der Waals surface area contributed by atoms with Crippen LogP contribution in [-0.2, 0) is 24.4 Å². The third-order valence-electron chi connectivity index (χ3n) is 5.47. The highest BCUT2D eigenvalue weighted by atomic mass is 16.5. The van der Waals surface area contributed by atoms with Crippen LogP contribution in [0.5, 0.6) is 5.88 Å². The highest BCUT2D eigenvalue weighted by Gasteiger charge is 2.13. The molecular weight excluding hydrogens is 392 g/mol. The first-order valence-electron chi connectivity index (χ1n) is 10.8. The third kappa shape index (κ3) is 5.24. The summed E-state index contributed by atoms with van der Waals surface area (Å²) < 4.78 is 8.39. The van der Waals surface area contributed by atoms with Crippen LogP contribution in [0.15, 0.2) is 53.5 Å². The molecule has 1 saturated heterocycles. The van der Waals surface area contributed by atoms with E-state index in [4.69, 9.17) is 9.72 Å². The molecule has 0 aliphatic carbocycles. The van der Waals surface area contributed by atoms with Crippen molar-refractivity contribution in [2.45, 2.75) is 33.5 Å². The van der Waals surface area contributed by atoms with Gasteiger partial charge in [-0.2, -0.15) is 0 Å². The van der Waals surface area contributed by atoms with Gasteiger partial charge in [-0.05, 0) is 23.6 Å². The molecule has 0 bridgehead atoms. The highest BCUT2D eigenvalue weighted by molar-refractivity contribution is 5.59. The van der Waals surface area contributed by atoms with Gasteiger partial charge in [0.25, 0.3) is 0 Å². The molecule has 1 fully saturated rings. The summed E-state index contributed by atoms with van der Waals surface area (Å²) in [6.07, 6.45) is 1.51. The minimum atomic E-state index is -0.187. The second kappa shape index (κ2) is 9.49. The Balaban J connectivity index is 1.46. The van der Waals surface area contributed by atoms with Gasteiger partial charge in [0, 0.05) is 31.7 Å². The van der Waals surface area contributed by atoms with E-state index >= 15 is 0 Å². The van der Waals surface area contributed by atoms with E-state index in [1.165, 1.54) is 10.8 Å². The van der Waals surface area contributed by atoms with Gasteiger partial charge in [-0.25, -0.2) is 4.79 Å². The second-order valence-corrected chi connectivity index (χ2v) is 8.50. The zero-order valence-electron chi connectivity index (χ0n) is 18.2. The fourth-order valence-corrected chi connectivity index (χ4v) is 3.86. The van der Waals surface area contributed by atoms with Gasteiger partial charge in [-0.15, -0.1) is 0 Å². The van der Waals surface area contributed by atoms with Crippen molar-refractivity contribution in [3.8, 4) is 17.1 Å². The molecule has 31 heavy (non-hydrogen) atoms. The standard InChI is InChI=1S/C24H30N4O3/c1-18(2)14-28-23(29)17-27(24(28)30)15-19-6-8-20(9-7-19)22-5-3-4-21(25-22)16-26-10-12-31-13-11-26/h3-9,17-18,29H,10-16H2,1-2H3. The lowest BCUT2D eigenvalue weighted by Gasteiger charge is -2.26. The van der Waals surface area contributed by atoms with E-state index in [2.05, 4.69) is 11.0 Å². The molecule has 0 spiro atoms. The fraction of sp³-hybridized carbons (Fsp3) is 0.417. The third-order valence-corrected chi connectivity index (χ3v) is 5.47. The Bertz CT molecular complexity index is 1060. The van der Waals surface area contributed by atoms with Gasteiger partial charge in [0.15, 0.2) is 0 Å². The lowest BCUT2D eigenvalue weighted by Crippen LogP contribution is -2.35. The predicted octanol–water partition coefficient (Wildman–Crippen LogP) is 2.95. The van der Waals surface area contributed by atoms with E-state index < -0.39 is 0 Å². The fourth-order valence-electron chi connectivity index (χ4n) is 3.86. The highest BCUT2D eigenvalue weighted by Crippen LogP contribution is 2.19. The molecule has 0 unspecified atom stereocenters. The van der Waals surface area contributed by atoms with Crippen LogP contribution < -0.4 is 5.69 Å². The van der Waals surface area contributed by atoms with Crippen molar-refractivity contribution in [2.75, 3.05) is 26.3 Å². The molecule has 7 heteroatoms. The smallest absolute Gasteiger partial charge is 0.331 e. The Hall–Kier alpha value is -2.90. The van der Waals surface area contributed by atoms with Crippen molar-refractivity contribution in [3.05, 3.63) is 70.4 Å². The van der Waals surface area contributed by atoms with Crippen LogP contribution in [0, 0.1) is 5.92 Å². The first-order valence-corrected chi connectivity index (χ1v) is 10.8. The monoisotopic (exact) mass is 422 g/mol. The van der Waals surface area contributed by atoms with Crippen molar-refractivity contribution in [2.24, 2.45) is 5.92 Å². The van der Waals surface area contributed by atoms with Crippen LogP contribution in [0.25, 0.3) is 11.3 Å². The second-order valence-electron chi connectivity index (χ2n) is 8.50. The van der Waals surface area contributed by atoms with Crippen molar-refractivity contribution >= 4 is 0 Å². The van der Waals surface area contributed by atoms with E-state index in [-0.39, 0.29) is 17.5 Å². The van der Waals surface area contributed by atoms with Gasteiger partial charge in [0.1, 0.15) is 0 Å². The van der Waals surface area contributed by atoms with Crippen LogP contribution in [0.2, 0.25) is 0 Å². The molecule has 7 nitrogen and oxygen atoms in total. The Morgan fingerprint density at radius 1 is 1.06 bits per heavy atom. The maximum atomic E-state index is 12.6. The molecular formula is C24H30N4O3. The summed E-state index contributed by atoms with van der Waals surface area (Å²) >= 11 is 0. The molecule has 0 atom stereocenters. The van der Waals surface area contributed by atoms with Crippen molar-refractivity contribution in [1.29, 1.82) is 0 Å². The topological polar surface area (TPSA) is 72.5 Å². The number of rotatable bonds is 7. The maximum Gasteiger partial charge on any atom is 0.331 e. The van der Waals surface area contributed by atoms with Crippen LogP contribution in [-0.4, -0.2) is 50.4 Å². The quantitative estimate of drug-likeness (QED) is 0.634. The minimum Gasteiger partial charge on any atom is -0.493 e. The van der Waals surface area contributed by atoms with Crippen molar-refractivity contribution in [1.82, 2.24) is 19.0 Å². The average Bonchev–Trinajstić information content (AvgIpc) is 3.02. The Morgan fingerprint density at radius 3 is 2.52 bits per heavy atom. The molecule has 1 aliphatic rings. The molecule has 0 radical (unpaired) electrons. The number of ether oxygens (including phenoxy) is 1. The zero-order valence-corrected chi connectivity index (χ0v) is 18.2. The van der Waals surface area contributed by atoms with Gasteiger partial charge in [0.2, 0.25) is 5.88 Å². The summed E-state index contributed by atoms with van der Waals surface area (Å²) in [5.74, 6) is 0.293. The van der Waals surface area contributed by atoms with Crippen molar-refractivity contribution < 1.29 is 9.84 Å². The van der Waals surface area contributed by atoms with Crippen LogP contribution >= 0.6 is 0 Å². The summed E-state index contributed by atoms with van der Waals surface area (Å²) in [6, 6.07) is 14.2. The number of pyridine rings is 1. The van der Waals surface area contributed by atoms with Gasteiger partial charge < -0.3 is 9.84 Å². The van der Waals surface area contributed by atoms with E-state index in [0.717, 1.165) is 55.4 Å². The van der Waals surface area contributed by atoms with Gasteiger partial charge in [-0.3, -0.25) is 19.0 Å². The first-order chi connectivity index (χ1) is 15.0. The van der Waals surface area contributed by atoms with Gasteiger partial charge >= 0.3 is 5.69 Å². The molecule has 2 aromatic heterocycles. The summed E-state index contributed by atoms with van der Waals surface area (Å²) in [6.45, 7) is 9.23.